The van der Waals surface area contributed by atoms with Gasteiger partial charge in [-0.25, -0.2) is 0 Å². The summed E-state index contributed by atoms with van der Waals surface area (Å²) in [7, 11) is 3.57. The third kappa shape index (κ3) is 5.09. The summed E-state index contributed by atoms with van der Waals surface area (Å²) in [6.45, 7) is 6.08. The SMILES string of the molecule is CNC(C)(CCCN1CCC(COC)CC1)C(N)=O. The van der Waals surface area contributed by atoms with Crippen LogP contribution >= 0.6 is 0 Å². The molecule has 1 aliphatic heterocycles. The molecule has 1 aliphatic rings. The molecule has 1 fully saturated rings. The molecule has 0 aromatic heterocycles. The van der Waals surface area contributed by atoms with Crippen LogP contribution in [0.15, 0.2) is 0 Å². The van der Waals surface area contributed by atoms with Crippen LogP contribution in [0.3, 0.4) is 0 Å². The van der Waals surface area contributed by atoms with Crippen molar-refractivity contribution in [1.29, 1.82) is 0 Å². The van der Waals surface area contributed by atoms with E-state index < -0.39 is 5.54 Å². The van der Waals surface area contributed by atoms with Crippen molar-refractivity contribution in [1.82, 2.24) is 10.2 Å². The molecule has 1 amide bonds. The van der Waals surface area contributed by atoms with Crippen LogP contribution in [0.2, 0.25) is 0 Å². The second-order valence-electron chi connectivity index (χ2n) is 5.79. The Morgan fingerprint density at radius 3 is 2.58 bits per heavy atom. The van der Waals surface area contributed by atoms with Gasteiger partial charge in [0.25, 0.3) is 0 Å². The molecule has 1 unspecified atom stereocenters. The van der Waals surface area contributed by atoms with Gasteiger partial charge in [0, 0.05) is 13.7 Å². The van der Waals surface area contributed by atoms with E-state index in [0.717, 1.165) is 45.0 Å². The molecule has 0 radical (unpaired) electrons. The topological polar surface area (TPSA) is 67.6 Å². The van der Waals surface area contributed by atoms with Crippen LogP contribution in [0.25, 0.3) is 0 Å². The first-order chi connectivity index (χ1) is 9.01. The maximum atomic E-state index is 11.4. The smallest absolute Gasteiger partial charge is 0.237 e. The van der Waals surface area contributed by atoms with Gasteiger partial charge in [-0.15, -0.1) is 0 Å². The molecular weight excluding hydrogens is 242 g/mol. The standard InChI is InChI=1S/C14H29N3O2/c1-14(16-2,13(15)18)7-4-8-17-9-5-12(6-10-17)11-19-3/h12,16H,4-11H2,1-3H3,(H2,15,18). The quantitative estimate of drug-likeness (QED) is 0.678. The number of amides is 1. The predicted octanol–water partition coefficient (Wildman–Crippen LogP) is 0.588. The lowest BCUT2D eigenvalue weighted by molar-refractivity contribution is -0.123. The fraction of sp³-hybridized carbons (Fsp3) is 0.929. The minimum absolute atomic E-state index is 0.270. The number of likely N-dealkylation sites (tertiary alicyclic amines) is 1. The zero-order chi connectivity index (χ0) is 14.3. The summed E-state index contributed by atoms with van der Waals surface area (Å²) in [6.07, 6.45) is 4.21. The number of likely N-dealkylation sites (N-methyl/N-ethyl adjacent to an activating group) is 1. The summed E-state index contributed by atoms with van der Waals surface area (Å²) in [5.41, 5.74) is 4.85. The molecule has 1 rings (SSSR count). The lowest BCUT2D eigenvalue weighted by Gasteiger charge is -2.32. The zero-order valence-electron chi connectivity index (χ0n) is 12.6. The average Bonchev–Trinajstić information content (AvgIpc) is 2.40. The Hall–Kier alpha value is -0.650. The Bertz CT molecular complexity index is 278. The number of carbonyl (C=O) groups is 1. The number of ether oxygens (including phenoxy) is 1. The first kappa shape index (κ1) is 16.4. The molecule has 1 heterocycles. The first-order valence-electron chi connectivity index (χ1n) is 7.22. The van der Waals surface area contributed by atoms with E-state index in [-0.39, 0.29) is 5.91 Å². The average molecular weight is 271 g/mol. The van der Waals surface area contributed by atoms with Crippen molar-refractivity contribution in [2.75, 3.05) is 40.4 Å². The maximum Gasteiger partial charge on any atom is 0.237 e. The van der Waals surface area contributed by atoms with Crippen LogP contribution in [-0.4, -0.2) is 56.7 Å². The summed E-state index contributed by atoms with van der Waals surface area (Å²) in [4.78, 5) is 13.9. The highest BCUT2D eigenvalue weighted by Gasteiger charge is 2.28. The maximum absolute atomic E-state index is 11.4. The van der Waals surface area contributed by atoms with Crippen LogP contribution < -0.4 is 11.1 Å². The predicted molar refractivity (Wildman–Crippen MR) is 76.9 cm³/mol. The highest BCUT2D eigenvalue weighted by molar-refractivity contribution is 5.84. The lowest BCUT2D eigenvalue weighted by atomic mass is 9.94. The van der Waals surface area contributed by atoms with E-state index in [0.29, 0.717) is 0 Å². The molecule has 0 saturated carbocycles. The number of primary amides is 1. The molecule has 5 nitrogen and oxygen atoms in total. The lowest BCUT2D eigenvalue weighted by Crippen LogP contribution is -2.51. The van der Waals surface area contributed by atoms with Gasteiger partial charge in [-0.3, -0.25) is 4.79 Å². The molecular formula is C14H29N3O2. The van der Waals surface area contributed by atoms with E-state index in [1.807, 2.05) is 6.92 Å². The third-order valence-electron chi connectivity index (χ3n) is 4.36. The van der Waals surface area contributed by atoms with Crippen molar-refractivity contribution in [3.63, 3.8) is 0 Å². The Balaban J connectivity index is 2.22. The van der Waals surface area contributed by atoms with E-state index in [1.165, 1.54) is 12.8 Å². The zero-order valence-corrected chi connectivity index (χ0v) is 12.6. The number of rotatable bonds is 8. The van der Waals surface area contributed by atoms with Gasteiger partial charge >= 0.3 is 0 Å². The van der Waals surface area contributed by atoms with Crippen LogP contribution in [-0.2, 0) is 9.53 Å². The fourth-order valence-corrected chi connectivity index (χ4v) is 2.64. The van der Waals surface area contributed by atoms with Crippen LogP contribution in [0.1, 0.15) is 32.6 Å². The molecule has 5 heteroatoms. The summed E-state index contributed by atoms with van der Waals surface area (Å²) < 4.78 is 5.21. The molecule has 0 bridgehead atoms. The normalized spacial score (nSPS) is 21.2. The molecule has 0 aromatic carbocycles. The van der Waals surface area contributed by atoms with Gasteiger partial charge in [0.05, 0.1) is 5.54 Å². The minimum Gasteiger partial charge on any atom is -0.384 e. The third-order valence-corrected chi connectivity index (χ3v) is 4.36. The number of nitrogens with zero attached hydrogens (tertiary/aromatic N) is 1. The van der Waals surface area contributed by atoms with Gasteiger partial charge in [-0.2, -0.15) is 0 Å². The van der Waals surface area contributed by atoms with Crippen molar-refractivity contribution >= 4 is 5.91 Å². The molecule has 112 valence electrons. The van der Waals surface area contributed by atoms with Crippen molar-refractivity contribution in [3.05, 3.63) is 0 Å². The van der Waals surface area contributed by atoms with Crippen molar-refractivity contribution in [2.24, 2.45) is 11.7 Å². The molecule has 3 N–H and O–H groups in total. The van der Waals surface area contributed by atoms with Gasteiger partial charge in [-0.1, -0.05) is 0 Å². The fourth-order valence-electron chi connectivity index (χ4n) is 2.64. The molecule has 0 aliphatic carbocycles. The summed E-state index contributed by atoms with van der Waals surface area (Å²) >= 11 is 0. The second kappa shape index (κ2) is 7.82. The van der Waals surface area contributed by atoms with E-state index in [2.05, 4.69) is 10.2 Å². The van der Waals surface area contributed by atoms with Crippen LogP contribution in [0.4, 0.5) is 0 Å². The van der Waals surface area contributed by atoms with E-state index in [1.54, 1.807) is 14.2 Å². The molecule has 0 spiro atoms. The Morgan fingerprint density at radius 2 is 2.11 bits per heavy atom. The van der Waals surface area contributed by atoms with E-state index in [4.69, 9.17) is 10.5 Å². The number of carbonyl (C=O) groups excluding carboxylic acids is 1. The van der Waals surface area contributed by atoms with Gasteiger partial charge in [0.2, 0.25) is 5.91 Å². The summed E-state index contributed by atoms with van der Waals surface area (Å²) in [6, 6.07) is 0. The van der Waals surface area contributed by atoms with Crippen molar-refractivity contribution in [3.8, 4) is 0 Å². The van der Waals surface area contributed by atoms with Crippen LogP contribution in [0, 0.1) is 5.92 Å². The second-order valence-corrected chi connectivity index (χ2v) is 5.79. The Labute approximate surface area is 116 Å². The van der Waals surface area contributed by atoms with Crippen LogP contribution in [0.5, 0.6) is 0 Å². The summed E-state index contributed by atoms with van der Waals surface area (Å²) in [5.74, 6) is 0.447. The monoisotopic (exact) mass is 271 g/mol. The molecule has 1 atom stereocenters. The molecule has 19 heavy (non-hydrogen) atoms. The van der Waals surface area contributed by atoms with Crippen molar-refractivity contribution in [2.45, 2.75) is 38.1 Å². The number of piperidine rings is 1. The number of hydrogen-bond donors (Lipinski definition) is 2. The first-order valence-corrected chi connectivity index (χ1v) is 7.22. The van der Waals surface area contributed by atoms with Gasteiger partial charge in [-0.05, 0) is 65.2 Å². The van der Waals surface area contributed by atoms with Gasteiger partial charge < -0.3 is 20.7 Å². The largest absolute Gasteiger partial charge is 0.384 e. The number of nitrogens with two attached hydrogens (primary N) is 1. The van der Waals surface area contributed by atoms with Crippen molar-refractivity contribution < 1.29 is 9.53 Å². The number of methoxy groups -OCH3 is 1. The highest BCUT2D eigenvalue weighted by Crippen LogP contribution is 2.18. The van der Waals surface area contributed by atoms with E-state index in [9.17, 15) is 4.79 Å². The van der Waals surface area contributed by atoms with E-state index >= 15 is 0 Å². The van der Waals surface area contributed by atoms with Gasteiger partial charge in [0.1, 0.15) is 0 Å². The van der Waals surface area contributed by atoms with Gasteiger partial charge in [0.15, 0.2) is 0 Å². The Kier molecular flexibility index (Phi) is 6.75. The highest BCUT2D eigenvalue weighted by atomic mass is 16.5. The number of nitrogens with one attached hydrogen (secondary N) is 1. The Morgan fingerprint density at radius 1 is 1.47 bits per heavy atom. The summed E-state index contributed by atoms with van der Waals surface area (Å²) in [5, 5.41) is 3.03. The molecule has 0 aromatic rings. The molecule has 1 saturated heterocycles. The number of hydrogen-bond acceptors (Lipinski definition) is 4. The minimum atomic E-state index is -0.575.